The highest BCUT2D eigenvalue weighted by molar-refractivity contribution is 7.98. The summed E-state index contributed by atoms with van der Waals surface area (Å²) in [7, 11) is 1.88. The van der Waals surface area contributed by atoms with Gasteiger partial charge in [-0.3, -0.25) is 4.79 Å². The lowest BCUT2D eigenvalue weighted by atomic mass is 9.95. The fraction of sp³-hybridized carbons (Fsp3) is 0.471. The van der Waals surface area contributed by atoms with Crippen molar-refractivity contribution >= 4 is 17.7 Å². The van der Waals surface area contributed by atoms with Crippen LogP contribution in [0, 0.1) is 0 Å². The Kier molecular flexibility index (Phi) is 5.20. The van der Waals surface area contributed by atoms with Gasteiger partial charge >= 0.3 is 0 Å². The van der Waals surface area contributed by atoms with Gasteiger partial charge in [0.25, 0.3) is 5.91 Å². The van der Waals surface area contributed by atoms with Crippen molar-refractivity contribution in [3.05, 3.63) is 41.5 Å². The van der Waals surface area contributed by atoms with Crippen LogP contribution in [0.5, 0.6) is 0 Å². The normalized spacial score (nSPS) is 15.7. The predicted octanol–water partition coefficient (Wildman–Crippen LogP) is 2.05. The Balaban J connectivity index is 1.68. The molecule has 1 saturated heterocycles. The van der Waals surface area contributed by atoms with Crippen LogP contribution in [0.3, 0.4) is 0 Å². The lowest BCUT2D eigenvalue weighted by Crippen LogP contribution is -2.38. The molecule has 0 unspecified atom stereocenters. The van der Waals surface area contributed by atoms with Crippen LogP contribution < -0.4 is 0 Å². The van der Waals surface area contributed by atoms with E-state index in [-0.39, 0.29) is 18.4 Å². The van der Waals surface area contributed by atoms with Crippen molar-refractivity contribution in [2.45, 2.75) is 30.3 Å². The number of piperidine rings is 1. The van der Waals surface area contributed by atoms with Gasteiger partial charge in [-0.1, -0.05) is 12.1 Å². The number of hydrogen-bond donors (Lipinski definition) is 1. The van der Waals surface area contributed by atoms with Crippen molar-refractivity contribution in [2.75, 3.05) is 19.3 Å². The first kappa shape index (κ1) is 17.0. The molecule has 3 rings (SSSR count). The summed E-state index contributed by atoms with van der Waals surface area (Å²) in [5.41, 5.74) is 0.782. The molecule has 7 heteroatoms. The van der Waals surface area contributed by atoms with Gasteiger partial charge in [-0.2, -0.15) is 0 Å². The fourth-order valence-electron chi connectivity index (χ4n) is 3.20. The molecule has 0 radical (unpaired) electrons. The maximum atomic E-state index is 12.8. The molecular formula is C17H22N4O2S. The van der Waals surface area contributed by atoms with Crippen molar-refractivity contribution < 1.29 is 9.90 Å². The first-order valence-corrected chi connectivity index (χ1v) is 9.29. The van der Waals surface area contributed by atoms with E-state index in [4.69, 9.17) is 0 Å². The zero-order valence-electron chi connectivity index (χ0n) is 14.0. The molecule has 0 saturated carbocycles. The van der Waals surface area contributed by atoms with Gasteiger partial charge in [-0.05, 0) is 31.2 Å². The summed E-state index contributed by atoms with van der Waals surface area (Å²) in [4.78, 5) is 15.7. The lowest BCUT2D eigenvalue weighted by molar-refractivity contribution is 0.0707. The molecule has 128 valence electrons. The highest BCUT2D eigenvalue weighted by atomic mass is 32.2. The number of carbonyl (C=O) groups is 1. The van der Waals surface area contributed by atoms with Crippen LogP contribution in [-0.2, 0) is 13.7 Å². The molecule has 0 spiro atoms. The fourth-order valence-corrected chi connectivity index (χ4v) is 3.79. The summed E-state index contributed by atoms with van der Waals surface area (Å²) < 4.78 is 1.87. The molecule has 0 atom stereocenters. The van der Waals surface area contributed by atoms with Crippen molar-refractivity contribution in [2.24, 2.45) is 7.05 Å². The third kappa shape index (κ3) is 3.18. The number of amides is 1. The SMILES string of the molecule is CSc1ccccc1C(=O)N1CCC(c2nnc(CO)n2C)CC1. The topological polar surface area (TPSA) is 71.2 Å². The first-order chi connectivity index (χ1) is 11.7. The minimum absolute atomic E-state index is 0.104. The summed E-state index contributed by atoms with van der Waals surface area (Å²) in [6.45, 7) is 1.33. The molecule has 1 aliphatic heterocycles. The second-order valence-corrected chi connectivity index (χ2v) is 6.81. The largest absolute Gasteiger partial charge is 0.388 e. The molecule has 1 amide bonds. The van der Waals surface area contributed by atoms with Crippen molar-refractivity contribution in [1.29, 1.82) is 0 Å². The van der Waals surface area contributed by atoms with E-state index in [2.05, 4.69) is 10.2 Å². The van der Waals surface area contributed by atoms with Gasteiger partial charge in [0.15, 0.2) is 5.82 Å². The van der Waals surface area contributed by atoms with Gasteiger partial charge in [-0.15, -0.1) is 22.0 Å². The molecule has 1 N–H and O–H groups in total. The second kappa shape index (κ2) is 7.36. The third-order valence-corrected chi connectivity index (χ3v) is 5.42. The van der Waals surface area contributed by atoms with E-state index in [1.165, 1.54) is 0 Å². The van der Waals surface area contributed by atoms with E-state index in [1.54, 1.807) is 11.8 Å². The molecule has 0 bridgehead atoms. The van der Waals surface area contributed by atoms with Crippen LogP contribution in [0.15, 0.2) is 29.2 Å². The minimum Gasteiger partial charge on any atom is -0.388 e. The Morgan fingerprint density at radius 1 is 1.29 bits per heavy atom. The van der Waals surface area contributed by atoms with Gasteiger partial charge < -0.3 is 14.6 Å². The number of aromatic nitrogens is 3. The predicted molar refractivity (Wildman–Crippen MR) is 93.0 cm³/mol. The average Bonchev–Trinajstić information content (AvgIpc) is 3.01. The Hall–Kier alpha value is -1.86. The van der Waals surface area contributed by atoms with E-state index in [0.29, 0.717) is 18.9 Å². The van der Waals surface area contributed by atoms with Gasteiger partial charge in [0.1, 0.15) is 12.4 Å². The van der Waals surface area contributed by atoms with Crippen LogP contribution in [0.25, 0.3) is 0 Å². The zero-order valence-corrected chi connectivity index (χ0v) is 14.8. The number of aliphatic hydroxyl groups is 1. The molecule has 1 fully saturated rings. The van der Waals surface area contributed by atoms with Gasteiger partial charge in [0, 0.05) is 31.0 Å². The standard InChI is InChI=1S/C17H22N4O2S/c1-20-15(11-22)18-19-16(20)12-7-9-21(10-8-12)17(23)13-5-3-4-6-14(13)24-2/h3-6,12,22H,7-11H2,1-2H3. The van der Waals surface area contributed by atoms with Crippen LogP contribution in [0.2, 0.25) is 0 Å². The monoisotopic (exact) mass is 346 g/mol. The molecular weight excluding hydrogens is 324 g/mol. The summed E-state index contributed by atoms with van der Waals surface area (Å²) in [5.74, 6) is 1.86. The maximum absolute atomic E-state index is 12.8. The number of carbonyl (C=O) groups excluding carboxylic acids is 1. The number of nitrogens with zero attached hydrogens (tertiary/aromatic N) is 4. The third-order valence-electron chi connectivity index (χ3n) is 4.62. The smallest absolute Gasteiger partial charge is 0.254 e. The Morgan fingerprint density at radius 2 is 2.00 bits per heavy atom. The Labute approximate surface area is 145 Å². The van der Waals surface area contributed by atoms with E-state index < -0.39 is 0 Å². The number of aliphatic hydroxyl groups excluding tert-OH is 1. The van der Waals surface area contributed by atoms with Crippen LogP contribution in [0.4, 0.5) is 0 Å². The molecule has 0 aliphatic carbocycles. The highest BCUT2D eigenvalue weighted by Crippen LogP contribution is 2.29. The van der Waals surface area contributed by atoms with E-state index in [1.807, 2.05) is 47.0 Å². The van der Waals surface area contributed by atoms with Gasteiger partial charge in [-0.25, -0.2) is 0 Å². The molecule has 1 aromatic heterocycles. The van der Waals surface area contributed by atoms with E-state index >= 15 is 0 Å². The maximum Gasteiger partial charge on any atom is 0.254 e. The van der Waals surface area contributed by atoms with Crippen molar-refractivity contribution in [3.8, 4) is 0 Å². The number of likely N-dealkylation sites (tertiary alicyclic amines) is 1. The van der Waals surface area contributed by atoms with E-state index in [0.717, 1.165) is 29.1 Å². The summed E-state index contributed by atoms with van der Waals surface area (Å²) in [6, 6.07) is 7.76. The summed E-state index contributed by atoms with van der Waals surface area (Å²) in [5, 5.41) is 17.5. The molecule has 24 heavy (non-hydrogen) atoms. The van der Waals surface area contributed by atoms with Gasteiger partial charge in [0.05, 0.1) is 5.56 Å². The summed E-state index contributed by atoms with van der Waals surface area (Å²) >= 11 is 1.60. The quantitative estimate of drug-likeness (QED) is 0.858. The Bertz CT molecular complexity index is 723. The highest BCUT2D eigenvalue weighted by Gasteiger charge is 2.28. The number of thioether (sulfide) groups is 1. The molecule has 2 heterocycles. The minimum atomic E-state index is -0.105. The van der Waals surface area contributed by atoms with Crippen LogP contribution >= 0.6 is 11.8 Å². The summed E-state index contributed by atoms with van der Waals surface area (Å²) in [6.07, 6.45) is 3.72. The van der Waals surface area contributed by atoms with Crippen molar-refractivity contribution in [3.63, 3.8) is 0 Å². The van der Waals surface area contributed by atoms with Crippen molar-refractivity contribution in [1.82, 2.24) is 19.7 Å². The number of benzene rings is 1. The van der Waals surface area contributed by atoms with Crippen LogP contribution in [-0.4, -0.2) is 50.0 Å². The molecule has 2 aromatic rings. The Morgan fingerprint density at radius 3 is 2.62 bits per heavy atom. The lowest BCUT2D eigenvalue weighted by Gasteiger charge is -2.32. The molecule has 1 aromatic carbocycles. The first-order valence-electron chi connectivity index (χ1n) is 8.07. The van der Waals surface area contributed by atoms with E-state index in [9.17, 15) is 9.90 Å². The molecule has 1 aliphatic rings. The van der Waals surface area contributed by atoms with Crippen LogP contribution in [0.1, 0.15) is 40.8 Å². The average molecular weight is 346 g/mol. The van der Waals surface area contributed by atoms with Gasteiger partial charge in [0.2, 0.25) is 0 Å². The second-order valence-electron chi connectivity index (χ2n) is 5.96. The molecule has 6 nitrogen and oxygen atoms in total. The number of rotatable bonds is 4. The number of hydrogen-bond acceptors (Lipinski definition) is 5. The zero-order chi connectivity index (χ0) is 17.1.